The van der Waals surface area contributed by atoms with Gasteiger partial charge in [-0.1, -0.05) is 142 Å². The SMILES string of the molecule is CC(C)(C)c1ccc(C(=O)c2ccc(C(C)(C)C(C)(C)c3ccc(C(C)(C)C)cc3)cc2)cc1. The first-order valence-electron chi connectivity index (χ1n) is 12.4. The number of rotatable bonds is 5. The Morgan fingerprint density at radius 3 is 0.941 bits per heavy atom. The Morgan fingerprint density at radius 1 is 0.412 bits per heavy atom. The minimum atomic E-state index is -0.119. The van der Waals surface area contributed by atoms with Gasteiger partial charge >= 0.3 is 0 Å². The Morgan fingerprint density at radius 2 is 0.647 bits per heavy atom. The van der Waals surface area contributed by atoms with Crippen LogP contribution >= 0.6 is 0 Å². The molecular formula is C33H42O. The highest BCUT2D eigenvalue weighted by molar-refractivity contribution is 6.09. The second kappa shape index (κ2) is 8.84. The van der Waals surface area contributed by atoms with Crippen LogP contribution in [0.1, 0.15) is 107 Å². The lowest BCUT2D eigenvalue weighted by Crippen LogP contribution is -2.40. The fourth-order valence-electron chi connectivity index (χ4n) is 4.44. The summed E-state index contributed by atoms with van der Waals surface area (Å²) in [5.41, 5.74) is 6.63. The Hall–Kier alpha value is -2.67. The zero-order chi connectivity index (χ0) is 25.5. The van der Waals surface area contributed by atoms with Crippen molar-refractivity contribution >= 4 is 5.78 Å². The first-order valence-corrected chi connectivity index (χ1v) is 12.4. The van der Waals surface area contributed by atoms with E-state index in [1.165, 1.54) is 22.3 Å². The zero-order valence-electron chi connectivity index (χ0n) is 22.8. The van der Waals surface area contributed by atoms with E-state index in [9.17, 15) is 4.79 Å². The van der Waals surface area contributed by atoms with E-state index in [1.807, 2.05) is 24.3 Å². The second-order valence-electron chi connectivity index (χ2n) is 12.8. The first kappa shape index (κ1) is 25.9. The number of carbonyl (C=O) groups is 1. The molecule has 0 spiro atoms. The van der Waals surface area contributed by atoms with Crippen LogP contribution in [0.2, 0.25) is 0 Å². The molecule has 0 unspecified atom stereocenters. The summed E-state index contributed by atoms with van der Waals surface area (Å²) in [6, 6.07) is 25.3. The lowest BCUT2D eigenvalue weighted by molar-refractivity contribution is 0.103. The van der Waals surface area contributed by atoms with Gasteiger partial charge in [-0.05, 0) is 43.9 Å². The van der Waals surface area contributed by atoms with Crippen molar-refractivity contribution in [2.45, 2.75) is 90.9 Å². The van der Waals surface area contributed by atoms with Crippen LogP contribution in [-0.2, 0) is 21.7 Å². The van der Waals surface area contributed by atoms with E-state index >= 15 is 0 Å². The fourth-order valence-corrected chi connectivity index (χ4v) is 4.44. The smallest absolute Gasteiger partial charge is 0.193 e. The Balaban J connectivity index is 1.85. The predicted molar refractivity (Wildman–Crippen MR) is 146 cm³/mol. The number of benzene rings is 3. The Bertz CT molecular complexity index is 1130. The number of ketones is 1. The number of carbonyl (C=O) groups excluding carboxylic acids is 1. The van der Waals surface area contributed by atoms with Crippen molar-refractivity contribution in [2.75, 3.05) is 0 Å². The molecule has 0 saturated carbocycles. The number of hydrogen-bond donors (Lipinski definition) is 0. The summed E-state index contributed by atoms with van der Waals surface area (Å²) in [6.07, 6.45) is 0. The molecule has 0 N–H and O–H groups in total. The first-order chi connectivity index (χ1) is 15.5. The van der Waals surface area contributed by atoms with E-state index in [0.717, 1.165) is 11.1 Å². The molecule has 3 aromatic rings. The van der Waals surface area contributed by atoms with Crippen molar-refractivity contribution in [3.63, 3.8) is 0 Å². The molecule has 0 fully saturated rings. The van der Waals surface area contributed by atoms with Gasteiger partial charge in [0, 0.05) is 11.1 Å². The molecule has 0 aliphatic rings. The number of hydrogen-bond acceptors (Lipinski definition) is 1. The minimum absolute atomic E-state index is 0.0712. The Labute approximate surface area is 207 Å². The third-order valence-electron chi connectivity index (χ3n) is 7.92. The molecule has 0 aromatic heterocycles. The molecule has 180 valence electrons. The molecule has 0 saturated heterocycles. The van der Waals surface area contributed by atoms with Gasteiger partial charge in [-0.25, -0.2) is 0 Å². The van der Waals surface area contributed by atoms with Crippen LogP contribution in [-0.4, -0.2) is 5.78 Å². The van der Waals surface area contributed by atoms with E-state index in [1.54, 1.807) is 0 Å². The molecule has 0 amide bonds. The topological polar surface area (TPSA) is 17.1 Å². The van der Waals surface area contributed by atoms with Crippen molar-refractivity contribution in [2.24, 2.45) is 0 Å². The van der Waals surface area contributed by atoms with Gasteiger partial charge in [0.1, 0.15) is 0 Å². The summed E-state index contributed by atoms with van der Waals surface area (Å²) in [5, 5.41) is 0. The fraction of sp³-hybridized carbons (Fsp3) is 0.424. The highest BCUT2D eigenvalue weighted by Crippen LogP contribution is 2.44. The van der Waals surface area contributed by atoms with Crippen LogP contribution in [0.3, 0.4) is 0 Å². The van der Waals surface area contributed by atoms with Crippen molar-refractivity contribution in [1.82, 2.24) is 0 Å². The largest absolute Gasteiger partial charge is 0.289 e. The van der Waals surface area contributed by atoms with Gasteiger partial charge in [-0.2, -0.15) is 0 Å². The molecule has 3 aromatic carbocycles. The molecule has 0 radical (unpaired) electrons. The third kappa shape index (κ3) is 5.04. The average Bonchev–Trinajstić information content (AvgIpc) is 2.77. The van der Waals surface area contributed by atoms with E-state index in [-0.39, 0.29) is 27.4 Å². The normalized spacial score (nSPS) is 13.1. The van der Waals surface area contributed by atoms with E-state index < -0.39 is 0 Å². The minimum Gasteiger partial charge on any atom is -0.289 e. The summed E-state index contributed by atoms with van der Waals surface area (Å²) in [7, 11) is 0. The quantitative estimate of drug-likeness (QED) is 0.352. The van der Waals surface area contributed by atoms with Gasteiger partial charge in [-0.15, -0.1) is 0 Å². The molecule has 34 heavy (non-hydrogen) atoms. The standard InChI is InChI=1S/C33H42O/c1-30(2,3)25-15-11-23(12-16-25)29(34)24-13-17-27(18-14-24)32(7,8)33(9,10)28-21-19-26(20-22-28)31(4,5)6/h11-22H,1-10H3. The highest BCUT2D eigenvalue weighted by atomic mass is 16.1. The van der Waals surface area contributed by atoms with Gasteiger partial charge < -0.3 is 0 Å². The summed E-state index contributed by atoms with van der Waals surface area (Å²) in [4.78, 5) is 13.1. The second-order valence-corrected chi connectivity index (χ2v) is 12.8. The van der Waals surface area contributed by atoms with Crippen LogP contribution in [0.15, 0.2) is 72.8 Å². The van der Waals surface area contributed by atoms with Crippen molar-refractivity contribution in [3.05, 3.63) is 106 Å². The monoisotopic (exact) mass is 454 g/mol. The van der Waals surface area contributed by atoms with E-state index in [4.69, 9.17) is 0 Å². The lowest BCUT2D eigenvalue weighted by Gasteiger charge is -2.43. The predicted octanol–water partition coefficient (Wildman–Crippen LogP) is 8.77. The summed E-state index contributed by atoms with van der Waals surface area (Å²) < 4.78 is 0. The van der Waals surface area contributed by atoms with Gasteiger partial charge in [0.15, 0.2) is 5.78 Å². The van der Waals surface area contributed by atoms with Crippen molar-refractivity contribution < 1.29 is 4.79 Å². The molecule has 0 bridgehead atoms. The molecule has 3 rings (SSSR count). The van der Waals surface area contributed by atoms with E-state index in [0.29, 0.717) is 0 Å². The Kier molecular flexibility index (Phi) is 6.74. The van der Waals surface area contributed by atoms with Crippen LogP contribution in [0, 0.1) is 0 Å². The van der Waals surface area contributed by atoms with Gasteiger partial charge in [0.05, 0.1) is 0 Å². The van der Waals surface area contributed by atoms with Crippen LogP contribution in [0.4, 0.5) is 0 Å². The van der Waals surface area contributed by atoms with Crippen molar-refractivity contribution in [3.8, 4) is 0 Å². The maximum absolute atomic E-state index is 13.1. The molecule has 0 heterocycles. The van der Waals surface area contributed by atoms with Crippen LogP contribution < -0.4 is 0 Å². The van der Waals surface area contributed by atoms with E-state index in [2.05, 4.69) is 118 Å². The lowest BCUT2D eigenvalue weighted by atomic mass is 9.61. The van der Waals surface area contributed by atoms with Crippen molar-refractivity contribution in [1.29, 1.82) is 0 Å². The maximum atomic E-state index is 13.1. The molecule has 1 nitrogen and oxygen atoms in total. The summed E-state index contributed by atoms with van der Waals surface area (Å²) >= 11 is 0. The van der Waals surface area contributed by atoms with Crippen LogP contribution in [0.5, 0.6) is 0 Å². The summed E-state index contributed by atoms with van der Waals surface area (Å²) in [6.45, 7) is 22.5. The van der Waals surface area contributed by atoms with Gasteiger partial charge in [0.2, 0.25) is 0 Å². The molecule has 0 aliphatic heterocycles. The van der Waals surface area contributed by atoms with Gasteiger partial charge in [0.25, 0.3) is 0 Å². The molecule has 0 aliphatic carbocycles. The zero-order valence-corrected chi connectivity index (χ0v) is 22.8. The average molecular weight is 455 g/mol. The van der Waals surface area contributed by atoms with Gasteiger partial charge in [-0.3, -0.25) is 4.79 Å². The maximum Gasteiger partial charge on any atom is 0.193 e. The summed E-state index contributed by atoms with van der Waals surface area (Å²) in [5.74, 6) is 0.0712. The third-order valence-corrected chi connectivity index (χ3v) is 7.92. The molecular weight excluding hydrogens is 412 g/mol. The molecule has 0 atom stereocenters. The molecule has 1 heteroatoms. The van der Waals surface area contributed by atoms with Crippen LogP contribution in [0.25, 0.3) is 0 Å². The highest BCUT2D eigenvalue weighted by Gasteiger charge is 2.39.